The zero-order valence-corrected chi connectivity index (χ0v) is 15.6. The van der Waals surface area contributed by atoms with Gasteiger partial charge in [-0.3, -0.25) is 20.1 Å². The smallest absolute Gasteiger partial charge is 0.393 e. The van der Waals surface area contributed by atoms with E-state index in [1.54, 1.807) is 25.3 Å². The Balaban J connectivity index is 2.19. The molecular formula is C15H15ClF3N5O2S. The van der Waals surface area contributed by atoms with Crippen LogP contribution in [0.3, 0.4) is 0 Å². The van der Waals surface area contributed by atoms with Crippen molar-refractivity contribution in [1.82, 2.24) is 14.8 Å². The van der Waals surface area contributed by atoms with Crippen LogP contribution in [0.25, 0.3) is 5.69 Å². The van der Waals surface area contributed by atoms with Crippen molar-refractivity contribution in [2.75, 3.05) is 17.2 Å². The molecule has 1 atom stereocenters. The topological polar surface area (TPSA) is 97.9 Å². The molecule has 27 heavy (non-hydrogen) atoms. The van der Waals surface area contributed by atoms with E-state index in [1.165, 1.54) is 17.1 Å². The summed E-state index contributed by atoms with van der Waals surface area (Å²) in [6.45, 7) is 1.64. The Bertz CT molecular complexity index is 816. The van der Waals surface area contributed by atoms with E-state index in [2.05, 4.69) is 10.1 Å². The summed E-state index contributed by atoms with van der Waals surface area (Å²) >= 11 is 3.70. The molecule has 1 N–H and O–H groups in total. The summed E-state index contributed by atoms with van der Waals surface area (Å²) in [7, 11) is 0. The summed E-state index contributed by atoms with van der Waals surface area (Å²) in [5.41, 5.74) is 0.712. The Labute approximate surface area is 160 Å². The van der Waals surface area contributed by atoms with Crippen molar-refractivity contribution < 1.29 is 22.5 Å². The van der Waals surface area contributed by atoms with E-state index in [9.17, 15) is 22.5 Å². The highest BCUT2D eigenvalue weighted by molar-refractivity contribution is 8.08. The summed E-state index contributed by atoms with van der Waals surface area (Å²) in [6.07, 6.45) is -1.36. The van der Waals surface area contributed by atoms with Gasteiger partial charge in [0.1, 0.15) is 11.4 Å². The number of pyridine rings is 1. The Morgan fingerprint density at radius 3 is 2.74 bits per heavy atom. The van der Waals surface area contributed by atoms with Crippen LogP contribution in [0, 0.1) is 5.41 Å². The van der Waals surface area contributed by atoms with Crippen LogP contribution < -0.4 is 4.90 Å². The van der Waals surface area contributed by atoms with E-state index < -0.39 is 40.5 Å². The molecule has 0 fully saturated rings. The maximum atomic E-state index is 12.5. The average Bonchev–Trinajstić information content (AvgIpc) is 3.01. The monoisotopic (exact) mass is 421 g/mol. The van der Waals surface area contributed by atoms with Crippen molar-refractivity contribution in [2.45, 2.75) is 19.5 Å². The Hall–Kier alpha value is -2.11. The van der Waals surface area contributed by atoms with E-state index in [4.69, 9.17) is 17.0 Å². The Kier molecular flexibility index (Phi) is 6.84. The molecule has 0 bridgehead atoms. The van der Waals surface area contributed by atoms with E-state index in [0.29, 0.717) is 5.69 Å². The van der Waals surface area contributed by atoms with Gasteiger partial charge in [0.05, 0.1) is 24.5 Å². The Morgan fingerprint density at radius 1 is 1.48 bits per heavy atom. The first-order chi connectivity index (χ1) is 12.6. The number of aromatic nitrogens is 3. The lowest BCUT2D eigenvalue weighted by molar-refractivity contribution is -0.130. The average molecular weight is 422 g/mol. The zero-order valence-electron chi connectivity index (χ0n) is 14.0. The fourth-order valence-corrected chi connectivity index (χ4v) is 3.26. The van der Waals surface area contributed by atoms with Gasteiger partial charge in [-0.15, -0.1) is 0 Å². The molecule has 2 aromatic rings. The lowest BCUT2D eigenvalue weighted by atomic mass is 10.4. The molecule has 1 unspecified atom stereocenters. The number of carbonyl (C=O) groups excluding carboxylic acids is 1. The normalized spacial score (nSPS) is 12.7. The van der Waals surface area contributed by atoms with Gasteiger partial charge in [-0.25, -0.2) is 4.68 Å². The van der Waals surface area contributed by atoms with Crippen LogP contribution in [0.15, 0.2) is 30.7 Å². The molecule has 2 rings (SSSR count). The predicted octanol–water partition coefficient (Wildman–Crippen LogP) is 2.95. The summed E-state index contributed by atoms with van der Waals surface area (Å²) in [5, 5.41) is 10.8. The van der Waals surface area contributed by atoms with Gasteiger partial charge >= 0.3 is 17.1 Å². The second kappa shape index (κ2) is 8.72. The molecule has 2 heterocycles. The van der Waals surface area contributed by atoms with Gasteiger partial charge < -0.3 is 4.55 Å². The fraction of sp³-hybridized carbons (Fsp3) is 0.333. The largest absolute Gasteiger partial charge is 0.610 e. The van der Waals surface area contributed by atoms with Gasteiger partial charge in [0.2, 0.25) is 0 Å². The third-order valence-electron chi connectivity index (χ3n) is 3.41. The molecule has 0 spiro atoms. The van der Waals surface area contributed by atoms with Gasteiger partial charge in [0, 0.05) is 23.9 Å². The molecule has 0 saturated carbocycles. The van der Waals surface area contributed by atoms with Gasteiger partial charge in [-0.05, 0) is 19.1 Å². The first kappa shape index (κ1) is 21.2. The summed E-state index contributed by atoms with van der Waals surface area (Å²) in [5.74, 6) is -1.85. The van der Waals surface area contributed by atoms with Crippen LogP contribution in [0.4, 0.5) is 18.9 Å². The van der Waals surface area contributed by atoms with Crippen LogP contribution in [0.1, 0.15) is 13.3 Å². The SMILES string of the molecule is CCN(C(=O)C(=N)[S+]([O-])CCC(F)(F)F)c1cn(-c2cccnc2)nc1Cl. The zero-order chi connectivity index (χ0) is 20.2. The first-order valence-electron chi connectivity index (χ1n) is 7.65. The van der Waals surface area contributed by atoms with Crippen molar-refractivity contribution in [3.8, 4) is 5.69 Å². The minimum absolute atomic E-state index is 0.0517. The number of amides is 1. The highest BCUT2D eigenvalue weighted by Gasteiger charge is 2.35. The molecule has 0 aliphatic heterocycles. The van der Waals surface area contributed by atoms with E-state index in [0.717, 1.165) is 4.90 Å². The minimum Gasteiger partial charge on any atom is -0.610 e. The fourth-order valence-electron chi connectivity index (χ4n) is 2.10. The molecular weight excluding hydrogens is 407 g/mol. The van der Waals surface area contributed by atoms with Crippen molar-refractivity contribution in [3.05, 3.63) is 35.9 Å². The quantitative estimate of drug-likeness (QED) is 0.456. The predicted molar refractivity (Wildman–Crippen MR) is 95.8 cm³/mol. The molecule has 0 saturated heterocycles. The highest BCUT2D eigenvalue weighted by Crippen LogP contribution is 2.27. The number of alkyl halides is 3. The number of rotatable bonds is 5. The van der Waals surface area contributed by atoms with Crippen LogP contribution >= 0.6 is 11.6 Å². The van der Waals surface area contributed by atoms with Crippen molar-refractivity contribution >= 4 is 39.4 Å². The van der Waals surface area contributed by atoms with Crippen LogP contribution in [0.2, 0.25) is 5.15 Å². The third kappa shape index (κ3) is 5.44. The highest BCUT2D eigenvalue weighted by atomic mass is 35.5. The second-order valence-corrected chi connectivity index (χ2v) is 7.12. The summed E-state index contributed by atoms with van der Waals surface area (Å²) in [4.78, 5) is 17.4. The van der Waals surface area contributed by atoms with Crippen LogP contribution in [-0.4, -0.2) is 48.7 Å². The molecule has 0 radical (unpaired) electrons. The van der Waals surface area contributed by atoms with Crippen molar-refractivity contribution in [3.63, 3.8) is 0 Å². The number of halogens is 4. The molecule has 12 heteroatoms. The molecule has 0 aliphatic carbocycles. The van der Waals surface area contributed by atoms with Crippen molar-refractivity contribution in [1.29, 1.82) is 5.41 Å². The number of carbonyl (C=O) groups is 1. The van der Waals surface area contributed by atoms with Gasteiger partial charge in [-0.2, -0.15) is 18.3 Å². The molecule has 146 valence electrons. The number of nitrogens with one attached hydrogen (secondary N) is 1. The Morgan fingerprint density at radius 2 is 2.19 bits per heavy atom. The van der Waals surface area contributed by atoms with Gasteiger partial charge in [0.15, 0.2) is 5.15 Å². The second-order valence-electron chi connectivity index (χ2n) is 5.25. The summed E-state index contributed by atoms with van der Waals surface area (Å²) < 4.78 is 50.0. The number of nitrogens with zero attached hydrogens (tertiary/aromatic N) is 4. The van der Waals surface area contributed by atoms with E-state index >= 15 is 0 Å². The van der Waals surface area contributed by atoms with Crippen LogP contribution in [0.5, 0.6) is 0 Å². The van der Waals surface area contributed by atoms with Crippen LogP contribution in [-0.2, 0) is 16.0 Å². The van der Waals surface area contributed by atoms with E-state index in [-0.39, 0.29) is 17.4 Å². The standard InChI is InChI=1S/C15H15ClF3N5O2S/c1-2-23(14(25)13(20)27(26)7-5-15(17,18)19)11-9-24(22-12(11)16)10-4-3-6-21-8-10/h3-4,6,8-9,20H,2,5,7H2,1H3. The molecule has 0 aliphatic rings. The van der Waals surface area contributed by atoms with Gasteiger partial charge in [-0.1, -0.05) is 11.6 Å². The molecule has 7 nitrogen and oxygen atoms in total. The lowest BCUT2D eigenvalue weighted by Gasteiger charge is -2.20. The molecule has 0 aromatic carbocycles. The third-order valence-corrected chi connectivity index (χ3v) is 4.88. The van der Waals surface area contributed by atoms with Crippen molar-refractivity contribution in [2.24, 2.45) is 0 Å². The molecule has 2 aromatic heterocycles. The maximum absolute atomic E-state index is 12.5. The van der Waals surface area contributed by atoms with E-state index in [1.807, 2.05) is 0 Å². The first-order valence-corrected chi connectivity index (χ1v) is 9.35. The number of hydrogen-bond acceptors (Lipinski definition) is 5. The molecule has 1 amide bonds. The maximum Gasteiger partial charge on any atom is 0.393 e. The summed E-state index contributed by atoms with van der Waals surface area (Å²) in [6, 6.07) is 3.37. The number of anilines is 1. The number of hydrogen-bond donors (Lipinski definition) is 1. The lowest BCUT2D eigenvalue weighted by Crippen LogP contribution is -2.40. The minimum atomic E-state index is -4.52. The van der Waals surface area contributed by atoms with Gasteiger partial charge in [0.25, 0.3) is 0 Å².